The molecule has 1 aromatic heterocycles. The van der Waals surface area contributed by atoms with E-state index >= 15 is 0 Å². The minimum atomic E-state index is -0.915. The Morgan fingerprint density at radius 2 is 2.10 bits per heavy atom. The number of carbonyl (C=O) groups excluding carboxylic acids is 1. The Kier molecular flexibility index (Phi) is 5.19. The van der Waals surface area contributed by atoms with Crippen molar-refractivity contribution in [2.75, 3.05) is 5.75 Å². The van der Waals surface area contributed by atoms with Crippen molar-refractivity contribution in [3.8, 4) is 0 Å². The maximum atomic E-state index is 11.8. The largest absolute Gasteiger partial charge is 0.481 e. The molecule has 1 amide bonds. The lowest BCUT2D eigenvalue weighted by atomic mass is 10.0. The van der Waals surface area contributed by atoms with Crippen LogP contribution in [-0.4, -0.2) is 33.8 Å². The second kappa shape index (κ2) is 6.91. The van der Waals surface area contributed by atoms with Crippen LogP contribution in [0.4, 0.5) is 0 Å². The number of nitrogens with one attached hydrogen (secondary N) is 1. The van der Waals surface area contributed by atoms with E-state index in [4.69, 9.17) is 5.11 Å². The van der Waals surface area contributed by atoms with Gasteiger partial charge in [0.15, 0.2) is 4.34 Å². The summed E-state index contributed by atoms with van der Waals surface area (Å²) >= 11 is 2.91. The fourth-order valence-electron chi connectivity index (χ4n) is 1.67. The van der Waals surface area contributed by atoms with Crippen LogP contribution in [0.25, 0.3) is 10.2 Å². The number of aliphatic carboxylic acids is 1. The van der Waals surface area contributed by atoms with Gasteiger partial charge in [-0.2, -0.15) is 0 Å². The van der Waals surface area contributed by atoms with Crippen molar-refractivity contribution in [2.24, 2.45) is 5.92 Å². The fraction of sp³-hybridized carbons (Fsp3) is 0.357. The van der Waals surface area contributed by atoms with Gasteiger partial charge in [-0.1, -0.05) is 23.9 Å². The number of hydrogen-bond acceptors (Lipinski definition) is 5. The van der Waals surface area contributed by atoms with Crippen LogP contribution in [0.2, 0.25) is 0 Å². The molecule has 0 fully saturated rings. The molecule has 0 saturated heterocycles. The van der Waals surface area contributed by atoms with E-state index in [2.05, 4.69) is 10.3 Å². The molecule has 2 N–H and O–H groups in total. The number of benzene rings is 1. The Bertz CT molecular complexity index is 623. The monoisotopic (exact) mass is 324 g/mol. The minimum Gasteiger partial charge on any atom is -0.481 e. The molecule has 2 rings (SSSR count). The summed E-state index contributed by atoms with van der Waals surface area (Å²) in [5.41, 5.74) is 0.929. The summed E-state index contributed by atoms with van der Waals surface area (Å²) in [5.74, 6) is -1.47. The second-order valence-corrected chi connectivity index (χ2v) is 6.97. The predicted molar refractivity (Wildman–Crippen MR) is 84.7 cm³/mol. The molecule has 0 aliphatic heterocycles. The summed E-state index contributed by atoms with van der Waals surface area (Å²) in [5, 5.41) is 11.6. The SMILES string of the molecule is CC(NC(=O)CSc1nc2ccccc2s1)C(C)C(=O)O. The molecule has 21 heavy (non-hydrogen) atoms. The van der Waals surface area contributed by atoms with E-state index in [0.29, 0.717) is 0 Å². The Balaban J connectivity index is 1.87. The molecule has 0 spiro atoms. The first-order chi connectivity index (χ1) is 9.97. The molecule has 2 atom stereocenters. The minimum absolute atomic E-state index is 0.181. The summed E-state index contributed by atoms with van der Waals surface area (Å²) < 4.78 is 1.93. The Morgan fingerprint density at radius 3 is 2.76 bits per heavy atom. The highest BCUT2D eigenvalue weighted by Gasteiger charge is 2.21. The molecule has 0 bridgehead atoms. The van der Waals surface area contributed by atoms with Gasteiger partial charge in [0.05, 0.1) is 21.9 Å². The van der Waals surface area contributed by atoms with Crippen LogP contribution < -0.4 is 5.32 Å². The van der Waals surface area contributed by atoms with Crippen LogP contribution in [0.3, 0.4) is 0 Å². The zero-order chi connectivity index (χ0) is 15.4. The maximum Gasteiger partial charge on any atom is 0.308 e. The molecule has 2 unspecified atom stereocenters. The molecular formula is C14H16N2O3S2. The number of nitrogens with zero attached hydrogens (tertiary/aromatic N) is 1. The van der Waals surface area contributed by atoms with Crippen LogP contribution in [-0.2, 0) is 9.59 Å². The number of aromatic nitrogens is 1. The zero-order valence-corrected chi connectivity index (χ0v) is 13.3. The highest BCUT2D eigenvalue weighted by molar-refractivity contribution is 8.01. The third-order valence-corrected chi connectivity index (χ3v) is 5.31. The van der Waals surface area contributed by atoms with Crippen LogP contribution >= 0.6 is 23.1 Å². The summed E-state index contributed by atoms with van der Waals surface area (Å²) in [4.78, 5) is 27.1. The Hall–Kier alpha value is -1.60. The van der Waals surface area contributed by atoms with Gasteiger partial charge < -0.3 is 10.4 Å². The number of thioether (sulfide) groups is 1. The van der Waals surface area contributed by atoms with Gasteiger partial charge in [0.2, 0.25) is 5.91 Å². The van der Waals surface area contributed by atoms with Crippen molar-refractivity contribution in [1.29, 1.82) is 0 Å². The predicted octanol–water partition coefficient (Wildman–Crippen LogP) is 2.61. The maximum absolute atomic E-state index is 11.8. The standard InChI is InChI=1S/C14H16N2O3S2/c1-8(13(18)19)9(2)15-12(17)7-20-14-16-10-5-3-4-6-11(10)21-14/h3-6,8-9H,7H2,1-2H3,(H,15,17)(H,18,19). The first-order valence-electron chi connectivity index (χ1n) is 6.48. The number of amides is 1. The lowest BCUT2D eigenvalue weighted by Gasteiger charge is -2.17. The van der Waals surface area contributed by atoms with E-state index in [1.54, 1.807) is 25.2 Å². The van der Waals surface area contributed by atoms with Gasteiger partial charge in [-0.15, -0.1) is 11.3 Å². The molecule has 1 aromatic carbocycles. The zero-order valence-electron chi connectivity index (χ0n) is 11.7. The van der Waals surface area contributed by atoms with Crippen LogP contribution in [0.5, 0.6) is 0 Å². The molecule has 0 saturated carbocycles. The molecule has 0 aliphatic rings. The number of carboxylic acid groups (broad SMARTS) is 1. The number of fused-ring (bicyclic) bond motifs is 1. The summed E-state index contributed by atoms with van der Waals surface area (Å²) in [7, 11) is 0. The highest BCUT2D eigenvalue weighted by atomic mass is 32.2. The summed E-state index contributed by atoms with van der Waals surface area (Å²) in [6.07, 6.45) is 0. The van der Waals surface area contributed by atoms with E-state index < -0.39 is 17.9 Å². The number of rotatable bonds is 6. The van der Waals surface area contributed by atoms with Crippen molar-refractivity contribution in [3.05, 3.63) is 24.3 Å². The normalized spacial score (nSPS) is 13.8. The molecule has 7 heteroatoms. The third kappa shape index (κ3) is 4.18. The Morgan fingerprint density at radius 1 is 1.38 bits per heavy atom. The molecule has 0 radical (unpaired) electrons. The smallest absolute Gasteiger partial charge is 0.308 e. The van der Waals surface area contributed by atoms with Gasteiger partial charge in [0.25, 0.3) is 0 Å². The molecule has 0 aliphatic carbocycles. The van der Waals surface area contributed by atoms with E-state index in [0.717, 1.165) is 14.6 Å². The van der Waals surface area contributed by atoms with Crippen LogP contribution in [0.15, 0.2) is 28.6 Å². The van der Waals surface area contributed by atoms with E-state index in [9.17, 15) is 9.59 Å². The third-order valence-electron chi connectivity index (χ3n) is 3.13. The molecule has 1 heterocycles. The molecule has 2 aromatic rings. The number of carboxylic acids is 1. The number of hydrogen-bond donors (Lipinski definition) is 2. The van der Waals surface area contributed by atoms with Gasteiger partial charge in [0.1, 0.15) is 0 Å². The van der Waals surface area contributed by atoms with E-state index in [1.165, 1.54) is 11.8 Å². The average Bonchev–Trinajstić information content (AvgIpc) is 2.86. The fourth-order valence-corrected chi connectivity index (χ4v) is 3.55. The van der Waals surface area contributed by atoms with Gasteiger partial charge in [-0.25, -0.2) is 4.98 Å². The summed E-state index contributed by atoms with van der Waals surface area (Å²) in [6, 6.07) is 7.42. The van der Waals surface area contributed by atoms with Crippen molar-refractivity contribution in [1.82, 2.24) is 10.3 Å². The highest BCUT2D eigenvalue weighted by Crippen LogP contribution is 2.29. The van der Waals surface area contributed by atoms with E-state index in [1.807, 2.05) is 24.3 Å². The van der Waals surface area contributed by atoms with Crippen molar-refractivity contribution >= 4 is 45.2 Å². The van der Waals surface area contributed by atoms with Crippen molar-refractivity contribution in [3.63, 3.8) is 0 Å². The average molecular weight is 324 g/mol. The van der Waals surface area contributed by atoms with Crippen molar-refractivity contribution < 1.29 is 14.7 Å². The molecule has 5 nitrogen and oxygen atoms in total. The number of para-hydroxylation sites is 1. The Labute approximate surface area is 130 Å². The quantitative estimate of drug-likeness (QED) is 0.799. The van der Waals surface area contributed by atoms with Crippen molar-refractivity contribution in [2.45, 2.75) is 24.2 Å². The first-order valence-corrected chi connectivity index (χ1v) is 8.28. The van der Waals surface area contributed by atoms with Gasteiger partial charge >= 0.3 is 5.97 Å². The molecular weight excluding hydrogens is 308 g/mol. The number of carbonyl (C=O) groups is 2. The van der Waals surface area contributed by atoms with Gasteiger partial charge in [-0.05, 0) is 26.0 Å². The second-order valence-electron chi connectivity index (χ2n) is 4.72. The van der Waals surface area contributed by atoms with E-state index in [-0.39, 0.29) is 11.7 Å². The van der Waals surface area contributed by atoms with Gasteiger partial charge in [-0.3, -0.25) is 9.59 Å². The first kappa shape index (κ1) is 15.8. The van der Waals surface area contributed by atoms with Crippen LogP contribution in [0.1, 0.15) is 13.8 Å². The lowest BCUT2D eigenvalue weighted by Crippen LogP contribution is -2.40. The van der Waals surface area contributed by atoms with Crippen LogP contribution in [0, 0.1) is 5.92 Å². The number of thiazole rings is 1. The lowest BCUT2D eigenvalue weighted by molar-refractivity contribution is -0.142. The topological polar surface area (TPSA) is 79.3 Å². The molecule has 112 valence electrons. The summed E-state index contributed by atoms with van der Waals surface area (Å²) in [6.45, 7) is 3.27. The van der Waals surface area contributed by atoms with Gasteiger partial charge in [0, 0.05) is 6.04 Å².